The number of benzene rings is 2. The molecule has 1 fully saturated rings. The zero-order chi connectivity index (χ0) is 24.7. The smallest absolute Gasteiger partial charge is 0.246 e. The monoisotopic (exact) mass is 503 g/mol. The molecule has 0 saturated heterocycles. The van der Waals surface area contributed by atoms with Crippen LogP contribution in [0.3, 0.4) is 0 Å². The molecule has 1 unspecified atom stereocenters. The average Bonchev–Trinajstić information content (AvgIpc) is 2.83. The van der Waals surface area contributed by atoms with E-state index in [0.717, 1.165) is 30.4 Å². The molecule has 2 N–H and O–H groups in total. The Labute approximate surface area is 211 Å². The highest BCUT2D eigenvalue weighted by Crippen LogP contribution is 2.36. The lowest BCUT2D eigenvalue weighted by molar-refractivity contribution is -0.150. The third kappa shape index (κ3) is 5.91. The standard InChI is InChI=1S/C26H31Cl2N3O3/c1-3-31(23(33)17-29-18(2)32)26(15-7-4-8-16-26)25(34)30-24(19-11-13-20(27)14-12-19)21-9-5-6-10-22(21)28/h5-6,9-14,24H,3-4,7-8,15-17H2,1-2H3,(H,29,32)(H,30,34). The third-order valence-electron chi connectivity index (χ3n) is 6.42. The Balaban J connectivity index is 1.98. The summed E-state index contributed by atoms with van der Waals surface area (Å²) in [7, 11) is 0. The van der Waals surface area contributed by atoms with Crippen LogP contribution in [0.25, 0.3) is 0 Å². The number of carbonyl (C=O) groups is 3. The number of rotatable bonds is 8. The number of hydrogen-bond donors (Lipinski definition) is 2. The van der Waals surface area contributed by atoms with Gasteiger partial charge in [-0.3, -0.25) is 14.4 Å². The molecule has 1 saturated carbocycles. The quantitative estimate of drug-likeness (QED) is 0.538. The van der Waals surface area contributed by atoms with E-state index in [1.54, 1.807) is 23.1 Å². The van der Waals surface area contributed by atoms with E-state index >= 15 is 0 Å². The van der Waals surface area contributed by atoms with Crippen molar-refractivity contribution in [3.8, 4) is 0 Å². The Bertz CT molecular complexity index is 1020. The first-order chi connectivity index (χ1) is 16.3. The van der Waals surface area contributed by atoms with Gasteiger partial charge in [-0.05, 0) is 49.1 Å². The van der Waals surface area contributed by atoms with E-state index in [1.807, 2.05) is 37.3 Å². The molecular formula is C26H31Cl2N3O3. The van der Waals surface area contributed by atoms with Gasteiger partial charge in [0.25, 0.3) is 0 Å². The zero-order valence-corrected chi connectivity index (χ0v) is 21.1. The number of likely N-dealkylation sites (N-methyl/N-ethyl adjacent to an activating group) is 1. The fraction of sp³-hybridized carbons (Fsp3) is 0.423. The van der Waals surface area contributed by atoms with Gasteiger partial charge in [-0.25, -0.2) is 0 Å². The minimum Gasteiger partial charge on any atom is -0.347 e. The van der Waals surface area contributed by atoms with Gasteiger partial charge in [0.15, 0.2) is 0 Å². The lowest BCUT2D eigenvalue weighted by Gasteiger charge is -2.45. The van der Waals surface area contributed by atoms with Gasteiger partial charge in [-0.1, -0.05) is 72.8 Å². The highest BCUT2D eigenvalue weighted by atomic mass is 35.5. The second-order valence-electron chi connectivity index (χ2n) is 8.62. The first-order valence-electron chi connectivity index (χ1n) is 11.6. The largest absolute Gasteiger partial charge is 0.347 e. The topological polar surface area (TPSA) is 78.5 Å². The molecule has 2 aromatic rings. The first kappa shape index (κ1) is 26.0. The van der Waals surface area contributed by atoms with Crippen LogP contribution >= 0.6 is 23.2 Å². The van der Waals surface area contributed by atoms with Crippen LogP contribution in [0.2, 0.25) is 10.0 Å². The van der Waals surface area contributed by atoms with E-state index in [2.05, 4.69) is 10.6 Å². The molecule has 6 nitrogen and oxygen atoms in total. The van der Waals surface area contributed by atoms with E-state index < -0.39 is 11.6 Å². The highest BCUT2D eigenvalue weighted by molar-refractivity contribution is 6.31. The summed E-state index contributed by atoms with van der Waals surface area (Å²) in [5.74, 6) is -0.770. The van der Waals surface area contributed by atoms with Crippen molar-refractivity contribution in [3.05, 3.63) is 69.7 Å². The van der Waals surface area contributed by atoms with E-state index in [1.165, 1.54) is 6.92 Å². The molecule has 1 aliphatic rings. The predicted octanol–water partition coefficient (Wildman–Crippen LogP) is 4.89. The Kier molecular flexibility index (Phi) is 8.97. The second-order valence-corrected chi connectivity index (χ2v) is 9.46. The first-order valence-corrected chi connectivity index (χ1v) is 12.4. The van der Waals surface area contributed by atoms with Crippen molar-refractivity contribution in [2.45, 2.75) is 57.5 Å². The van der Waals surface area contributed by atoms with Crippen LogP contribution in [0, 0.1) is 0 Å². The lowest BCUT2D eigenvalue weighted by Crippen LogP contribution is -2.63. The fourth-order valence-electron chi connectivity index (χ4n) is 4.74. The summed E-state index contributed by atoms with van der Waals surface area (Å²) in [4.78, 5) is 40.1. The average molecular weight is 504 g/mol. The number of amides is 3. The van der Waals surface area contributed by atoms with Crippen molar-refractivity contribution in [2.24, 2.45) is 0 Å². The number of nitrogens with one attached hydrogen (secondary N) is 2. The third-order valence-corrected chi connectivity index (χ3v) is 7.02. The van der Waals surface area contributed by atoms with Crippen molar-refractivity contribution in [1.29, 1.82) is 0 Å². The molecule has 0 aromatic heterocycles. The summed E-state index contributed by atoms with van der Waals surface area (Å²) in [5, 5.41) is 6.91. The molecule has 0 bridgehead atoms. The van der Waals surface area contributed by atoms with Crippen molar-refractivity contribution in [1.82, 2.24) is 15.5 Å². The van der Waals surface area contributed by atoms with E-state index in [9.17, 15) is 14.4 Å². The maximum Gasteiger partial charge on any atom is 0.246 e. The van der Waals surface area contributed by atoms with Gasteiger partial charge < -0.3 is 15.5 Å². The molecular weight excluding hydrogens is 473 g/mol. The van der Waals surface area contributed by atoms with Crippen LogP contribution < -0.4 is 10.6 Å². The van der Waals surface area contributed by atoms with Gasteiger partial charge in [0.2, 0.25) is 17.7 Å². The minimum absolute atomic E-state index is 0.136. The summed E-state index contributed by atoms with van der Waals surface area (Å²) >= 11 is 12.6. The normalized spacial score (nSPS) is 15.8. The Morgan fingerprint density at radius 3 is 2.24 bits per heavy atom. The van der Waals surface area contributed by atoms with Crippen LogP contribution in [-0.2, 0) is 14.4 Å². The molecule has 2 aromatic carbocycles. The van der Waals surface area contributed by atoms with E-state index in [-0.39, 0.29) is 24.3 Å². The van der Waals surface area contributed by atoms with E-state index in [0.29, 0.717) is 29.4 Å². The molecule has 1 atom stereocenters. The van der Waals surface area contributed by atoms with Crippen LogP contribution in [-0.4, -0.2) is 41.2 Å². The van der Waals surface area contributed by atoms with Crippen LogP contribution in [0.5, 0.6) is 0 Å². The summed E-state index contributed by atoms with van der Waals surface area (Å²) < 4.78 is 0. The summed E-state index contributed by atoms with van der Waals surface area (Å²) in [5.41, 5.74) is 0.608. The van der Waals surface area contributed by atoms with Crippen molar-refractivity contribution >= 4 is 40.9 Å². The molecule has 3 rings (SSSR count). The summed E-state index contributed by atoms with van der Waals surface area (Å²) in [6.45, 7) is 3.46. The Hall–Kier alpha value is -2.57. The number of carbonyl (C=O) groups excluding carboxylic acids is 3. The number of halogens is 2. The lowest BCUT2D eigenvalue weighted by atomic mass is 9.78. The molecule has 0 heterocycles. The number of hydrogen-bond acceptors (Lipinski definition) is 3. The molecule has 0 radical (unpaired) electrons. The molecule has 0 aliphatic heterocycles. The maximum absolute atomic E-state index is 14.0. The molecule has 0 spiro atoms. The number of nitrogens with zero attached hydrogens (tertiary/aromatic N) is 1. The predicted molar refractivity (Wildman–Crippen MR) is 135 cm³/mol. The van der Waals surface area contributed by atoms with Gasteiger partial charge in [0, 0.05) is 23.5 Å². The zero-order valence-electron chi connectivity index (χ0n) is 19.6. The highest BCUT2D eigenvalue weighted by Gasteiger charge is 2.47. The molecule has 8 heteroatoms. The second kappa shape index (κ2) is 11.7. The van der Waals surface area contributed by atoms with E-state index in [4.69, 9.17) is 23.2 Å². The van der Waals surface area contributed by atoms with Gasteiger partial charge in [0.1, 0.15) is 5.54 Å². The minimum atomic E-state index is -0.992. The SMILES string of the molecule is CCN(C(=O)CNC(C)=O)C1(C(=O)NC(c2ccc(Cl)cc2)c2ccccc2Cl)CCCCC1. The van der Waals surface area contributed by atoms with Crippen molar-refractivity contribution in [2.75, 3.05) is 13.1 Å². The Morgan fingerprint density at radius 2 is 1.65 bits per heavy atom. The van der Waals surface area contributed by atoms with Crippen molar-refractivity contribution < 1.29 is 14.4 Å². The van der Waals surface area contributed by atoms with Gasteiger partial charge in [-0.2, -0.15) is 0 Å². The van der Waals surface area contributed by atoms with Crippen LogP contribution in [0.15, 0.2) is 48.5 Å². The van der Waals surface area contributed by atoms with Gasteiger partial charge in [0.05, 0.1) is 12.6 Å². The van der Waals surface area contributed by atoms with Crippen LogP contribution in [0.4, 0.5) is 0 Å². The van der Waals surface area contributed by atoms with Gasteiger partial charge >= 0.3 is 0 Å². The Morgan fingerprint density at radius 1 is 1.00 bits per heavy atom. The molecule has 34 heavy (non-hydrogen) atoms. The maximum atomic E-state index is 14.0. The fourth-order valence-corrected chi connectivity index (χ4v) is 5.11. The summed E-state index contributed by atoms with van der Waals surface area (Å²) in [6, 6.07) is 14.2. The van der Waals surface area contributed by atoms with Crippen LogP contribution in [0.1, 0.15) is 63.1 Å². The molecule has 3 amide bonds. The molecule has 1 aliphatic carbocycles. The summed E-state index contributed by atoms with van der Waals surface area (Å²) in [6.07, 6.45) is 3.82. The molecule has 182 valence electrons. The van der Waals surface area contributed by atoms with Gasteiger partial charge in [-0.15, -0.1) is 0 Å². The van der Waals surface area contributed by atoms with Crippen molar-refractivity contribution in [3.63, 3.8) is 0 Å².